The van der Waals surface area contributed by atoms with Crippen molar-refractivity contribution in [1.82, 2.24) is 14.9 Å². The molecule has 0 spiro atoms. The van der Waals surface area contributed by atoms with Gasteiger partial charge >= 0.3 is 0 Å². The van der Waals surface area contributed by atoms with E-state index < -0.39 is 0 Å². The molecular weight excluding hydrogens is 214 g/mol. The molecule has 0 bridgehead atoms. The van der Waals surface area contributed by atoms with Crippen LogP contribution in [0.5, 0.6) is 0 Å². The van der Waals surface area contributed by atoms with E-state index in [4.69, 9.17) is 0 Å². The van der Waals surface area contributed by atoms with Crippen molar-refractivity contribution in [2.45, 2.75) is 25.9 Å². The highest BCUT2D eigenvalue weighted by Crippen LogP contribution is 2.16. The Balaban J connectivity index is 2.22. The summed E-state index contributed by atoms with van der Waals surface area (Å²) < 4.78 is 1.72. The summed E-state index contributed by atoms with van der Waals surface area (Å²) in [5.41, 5.74) is 1.91. The Morgan fingerprint density at radius 3 is 3.12 bits per heavy atom. The molecule has 1 aliphatic heterocycles. The number of aromatic nitrogens is 2. The zero-order valence-corrected chi connectivity index (χ0v) is 9.81. The first kappa shape index (κ1) is 10.5. The summed E-state index contributed by atoms with van der Waals surface area (Å²) in [5.74, 6) is 0. The minimum Gasteiger partial charge on any atom is -0.297 e. The van der Waals surface area contributed by atoms with Crippen LogP contribution in [0.15, 0.2) is 29.3 Å². The smallest absolute Gasteiger partial charge is 0.262 e. The maximum absolute atomic E-state index is 12.4. The average Bonchev–Trinajstić information content (AvgIpc) is 2.84. The third-order valence-electron chi connectivity index (χ3n) is 3.38. The van der Waals surface area contributed by atoms with E-state index in [0.717, 1.165) is 30.5 Å². The molecule has 4 heteroatoms. The molecule has 1 aromatic heterocycles. The van der Waals surface area contributed by atoms with Crippen LogP contribution in [0.4, 0.5) is 0 Å². The Morgan fingerprint density at radius 2 is 2.35 bits per heavy atom. The summed E-state index contributed by atoms with van der Waals surface area (Å²) in [4.78, 5) is 16.8. The van der Waals surface area contributed by atoms with Crippen LogP contribution in [-0.4, -0.2) is 16.1 Å². The molecule has 1 unspecified atom stereocenters. The zero-order valence-electron chi connectivity index (χ0n) is 9.81. The van der Waals surface area contributed by atoms with Crippen LogP contribution < -0.4 is 10.9 Å². The number of nitrogens with one attached hydrogen (secondary N) is 1. The second kappa shape index (κ2) is 3.96. The molecule has 3 rings (SSSR count). The summed E-state index contributed by atoms with van der Waals surface area (Å²) in [5, 5.41) is 4.03. The Morgan fingerprint density at radius 1 is 1.47 bits per heavy atom. The first-order chi connectivity index (χ1) is 8.27. The molecule has 1 fully saturated rings. The van der Waals surface area contributed by atoms with Gasteiger partial charge in [-0.05, 0) is 37.9 Å². The third-order valence-corrected chi connectivity index (χ3v) is 3.38. The second-order valence-corrected chi connectivity index (χ2v) is 4.54. The maximum Gasteiger partial charge on any atom is 0.262 e. The van der Waals surface area contributed by atoms with Gasteiger partial charge in [-0.15, -0.1) is 0 Å². The number of rotatable bonds is 1. The summed E-state index contributed by atoms with van der Waals surface area (Å²) in [6.07, 6.45) is 3.89. The molecule has 0 amide bonds. The van der Waals surface area contributed by atoms with Crippen molar-refractivity contribution >= 4 is 10.9 Å². The fourth-order valence-corrected chi connectivity index (χ4v) is 2.44. The monoisotopic (exact) mass is 229 g/mol. The third kappa shape index (κ3) is 1.65. The lowest BCUT2D eigenvalue weighted by atomic mass is 10.1. The van der Waals surface area contributed by atoms with Gasteiger partial charge in [0.15, 0.2) is 0 Å². The SMILES string of the molecule is Cc1cccc2c(=O)n(C3CCCN3)cnc12. The number of aryl methyl sites for hydroxylation is 1. The molecule has 2 heterocycles. The van der Waals surface area contributed by atoms with Gasteiger partial charge < -0.3 is 0 Å². The zero-order chi connectivity index (χ0) is 11.8. The fourth-order valence-electron chi connectivity index (χ4n) is 2.44. The van der Waals surface area contributed by atoms with Crippen LogP contribution in [0.1, 0.15) is 24.6 Å². The first-order valence-corrected chi connectivity index (χ1v) is 5.97. The summed E-state index contributed by atoms with van der Waals surface area (Å²) in [6.45, 7) is 2.95. The summed E-state index contributed by atoms with van der Waals surface area (Å²) in [7, 11) is 0. The van der Waals surface area contributed by atoms with Crippen LogP contribution in [0.2, 0.25) is 0 Å². The van der Waals surface area contributed by atoms with Crippen LogP contribution in [-0.2, 0) is 0 Å². The molecule has 0 radical (unpaired) electrons. The van der Waals surface area contributed by atoms with E-state index in [1.54, 1.807) is 10.9 Å². The van der Waals surface area contributed by atoms with Crippen molar-refractivity contribution in [2.75, 3.05) is 6.54 Å². The molecule has 1 atom stereocenters. The number of hydrogen-bond donors (Lipinski definition) is 1. The Bertz CT molecular complexity index is 612. The largest absolute Gasteiger partial charge is 0.297 e. The Labute approximate surface area is 99.3 Å². The molecule has 1 aromatic carbocycles. The number of para-hydroxylation sites is 1. The second-order valence-electron chi connectivity index (χ2n) is 4.54. The highest BCUT2D eigenvalue weighted by atomic mass is 16.1. The minimum atomic E-state index is 0.0538. The van der Waals surface area contributed by atoms with Gasteiger partial charge in [0.2, 0.25) is 0 Å². The lowest BCUT2D eigenvalue weighted by Gasteiger charge is -2.14. The Hall–Kier alpha value is -1.68. The van der Waals surface area contributed by atoms with Crippen molar-refractivity contribution in [3.05, 3.63) is 40.4 Å². The van der Waals surface area contributed by atoms with Crippen molar-refractivity contribution < 1.29 is 0 Å². The van der Waals surface area contributed by atoms with Gasteiger partial charge in [0.05, 0.1) is 23.4 Å². The highest BCUT2D eigenvalue weighted by molar-refractivity contribution is 5.80. The van der Waals surface area contributed by atoms with E-state index in [2.05, 4.69) is 10.3 Å². The first-order valence-electron chi connectivity index (χ1n) is 5.97. The number of fused-ring (bicyclic) bond motifs is 1. The van der Waals surface area contributed by atoms with Crippen LogP contribution in [0.25, 0.3) is 10.9 Å². The van der Waals surface area contributed by atoms with Gasteiger partial charge in [0.1, 0.15) is 0 Å². The van der Waals surface area contributed by atoms with Crippen molar-refractivity contribution in [3.63, 3.8) is 0 Å². The van der Waals surface area contributed by atoms with E-state index in [9.17, 15) is 4.79 Å². The van der Waals surface area contributed by atoms with E-state index >= 15 is 0 Å². The Kier molecular flexibility index (Phi) is 2.44. The quantitative estimate of drug-likeness (QED) is 0.807. The number of nitrogens with zero attached hydrogens (tertiary/aromatic N) is 2. The summed E-state index contributed by atoms with van der Waals surface area (Å²) >= 11 is 0. The molecule has 4 nitrogen and oxygen atoms in total. The van der Waals surface area contributed by atoms with Gasteiger partial charge in [-0.25, -0.2) is 4.98 Å². The molecule has 88 valence electrons. The predicted octanol–water partition coefficient (Wildman–Crippen LogP) is 1.59. The van der Waals surface area contributed by atoms with Crippen LogP contribution in [0, 0.1) is 6.92 Å². The van der Waals surface area contributed by atoms with Gasteiger partial charge in [-0.2, -0.15) is 0 Å². The normalized spacial score (nSPS) is 19.9. The molecule has 1 aliphatic rings. The van der Waals surface area contributed by atoms with E-state index in [1.807, 2.05) is 25.1 Å². The maximum atomic E-state index is 12.4. The van der Waals surface area contributed by atoms with E-state index in [-0.39, 0.29) is 11.7 Å². The van der Waals surface area contributed by atoms with Crippen molar-refractivity contribution in [2.24, 2.45) is 0 Å². The molecule has 17 heavy (non-hydrogen) atoms. The number of hydrogen-bond acceptors (Lipinski definition) is 3. The van der Waals surface area contributed by atoms with E-state index in [0.29, 0.717) is 5.39 Å². The highest BCUT2D eigenvalue weighted by Gasteiger charge is 2.18. The minimum absolute atomic E-state index is 0.0538. The number of benzene rings is 1. The topological polar surface area (TPSA) is 46.9 Å². The van der Waals surface area contributed by atoms with Gasteiger partial charge in [0, 0.05) is 0 Å². The van der Waals surface area contributed by atoms with Gasteiger partial charge in [-0.1, -0.05) is 12.1 Å². The van der Waals surface area contributed by atoms with Crippen LogP contribution >= 0.6 is 0 Å². The standard InChI is InChI=1S/C13H15N3O/c1-9-4-2-5-10-12(9)15-8-16(13(10)17)11-6-3-7-14-11/h2,4-5,8,11,14H,3,6-7H2,1H3. The van der Waals surface area contributed by atoms with Crippen molar-refractivity contribution in [3.8, 4) is 0 Å². The molecule has 1 N–H and O–H groups in total. The molecule has 1 saturated heterocycles. The van der Waals surface area contributed by atoms with E-state index in [1.165, 1.54) is 0 Å². The fraction of sp³-hybridized carbons (Fsp3) is 0.385. The van der Waals surface area contributed by atoms with Crippen LogP contribution in [0.3, 0.4) is 0 Å². The lowest BCUT2D eigenvalue weighted by molar-refractivity contribution is 0.453. The summed E-state index contributed by atoms with van der Waals surface area (Å²) in [6, 6.07) is 5.74. The van der Waals surface area contributed by atoms with Crippen molar-refractivity contribution in [1.29, 1.82) is 0 Å². The molecule has 2 aromatic rings. The lowest BCUT2D eigenvalue weighted by Crippen LogP contribution is -2.30. The molecular formula is C13H15N3O. The van der Waals surface area contributed by atoms with Gasteiger partial charge in [0.25, 0.3) is 5.56 Å². The van der Waals surface area contributed by atoms with Gasteiger partial charge in [-0.3, -0.25) is 14.7 Å². The average molecular weight is 229 g/mol. The molecule has 0 saturated carbocycles. The predicted molar refractivity (Wildman–Crippen MR) is 67.0 cm³/mol. The molecule has 0 aliphatic carbocycles.